The van der Waals surface area contributed by atoms with E-state index in [2.05, 4.69) is 68.6 Å². The van der Waals surface area contributed by atoms with E-state index in [-0.39, 0.29) is 0 Å². The molecule has 0 bridgehead atoms. The van der Waals surface area contributed by atoms with E-state index in [1.54, 1.807) is 0 Å². The van der Waals surface area contributed by atoms with Gasteiger partial charge in [0, 0.05) is 13.4 Å². The van der Waals surface area contributed by atoms with Crippen molar-refractivity contribution >= 4 is 94.2 Å². The summed E-state index contributed by atoms with van der Waals surface area (Å²) in [6.07, 6.45) is 2.68. The number of benzene rings is 4. The first-order valence-electron chi connectivity index (χ1n) is 14.0. The normalized spacial score (nSPS) is 11.0. The number of hydrogen-bond acceptors (Lipinski definition) is 3. The largest absolute Gasteiger partial charge is 0.489 e. The van der Waals surface area contributed by atoms with Crippen LogP contribution in [0.1, 0.15) is 54.2 Å². The Morgan fingerprint density at radius 2 is 0.636 bits per heavy atom. The fourth-order valence-electron chi connectivity index (χ4n) is 4.95. The molecule has 4 rings (SSSR count). The SMILES string of the molecule is CCc1c(COc2ccc(Br)cc2)c(CC)c(COc2ccc(Br)cc2)c(CC)c1COc1ccc(Br)cc1.ClC(Cl)(Cl)Cl. The van der Waals surface area contributed by atoms with Crippen LogP contribution in [0.25, 0.3) is 0 Å². The van der Waals surface area contributed by atoms with Crippen molar-refractivity contribution < 1.29 is 14.2 Å². The van der Waals surface area contributed by atoms with Crippen molar-refractivity contribution in [2.75, 3.05) is 0 Å². The predicted molar refractivity (Wildman–Crippen MR) is 196 cm³/mol. The molecule has 0 saturated carbocycles. The van der Waals surface area contributed by atoms with Crippen molar-refractivity contribution in [3.8, 4) is 17.2 Å². The second-order valence-electron chi connectivity index (χ2n) is 9.59. The summed E-state index contributed by atoms with van der Waals surface area (Å²) < 4.78 is 20.6. The Labute approximate surface area is 305 Å². The molecule has 4 aromatic rings. The van der Waals surface area contributed by atoms with Gasteiger partial charge in [-0.3, -0.25) is 0 Å². The van der Waals surface area contributed by atoms with Crippen LogP contribution in [0, 0.1) is 0 Å². The topological polar surface area (TPSA) is 27.7 Å². The van der Waals surface area contributed by atoms with E-state index in [9.17, 15) is 0 Å². The molecule has 0 radical (unpaired) electrons. The number of rotatable bonds is 12. The van der Waals surface area contributed by atoms with E-state index in [4.69, 9.17) is 60.6 Å². The molecule has 236 valence electrons. The summed E-state index contributed by atoms with van der Waals surface area (Å²) in [4.78, 5) is 0. The molecule has 0 N–H and O–H groups in total. The Morgan fingerprint density at radius 1 is 0.432 bits per heavy atom. The lowest BCUT2D eigenvalue weighted by atomic mass is 9.84. The van der Waals surface area contributed by atoms with E-state index in [1.165, 1.54) is 33.4 Å². The highest BCUT2D eigenvalue weighted by Gasteiger charge is 2.23. The van der Waals surface area contributed by atoms with Crippen LogP contribution in [0.5, 0.6) is 17.2 Å². The first-order chi connectivity index (χ1) is 20.9. The van der Waals surface area contributed by atoms with Gasteiger partial charge < -0.3 is 14.2 Å². The molecule has 0 aromatic heterocycles. The third-order valence-electron chi connectivity index (χ3n) is 6.84. The molecule has 0 spiro atoms. The summed E-state index contributed by atoms with van der Waals surface area (Å²) in [5.74, 6) is 2.55. The maximum atomic E-state index is 6.35. The summed E-state index contributed by atoms with van der Waals surface area (Å²) >= 11 is 29.8. The first-order valence-corrected chi connectivity index (χ1v) is 17.9. The Bertz CT molecular complexity index is 1280. The quantitative estimate of drug-likeness (QED) is 0.133. The number of hydrogen-bond donors (Lipinski definition) is 0. The number of halogens is 7. The lowest BCUT2D eigenvalue weighted by Crippen LogP contribution is -2.17. The van der Waals surface area contributed by atoms with Crippen LogP contribution in [0.4, 0.5) is 0 Å². The Morgan fingerprint density at radius 3 is 0.818 bits per heavy atom. The van der Waals surface area contributed by atoms with Crippen molar-refractivity contribution in [1.29, 1.82) is 0 Å². The summed E-state index contributed by atoms with van der Waals surface area (Å²) in [5.41, 5.74) is 7.65. The highest BCUT2D eigenvalue weighted by molar-refractivity contribution is 9.11. The zero-order chi connectivity index (χ0) is 32.3. The molecule has 4 aromatic carbocycles. The molecule has 0 aliphatic heterocycles. The molecule has 0 fully saturated rings. The minimum atomic E-state index is -1.61. The van der Waals surface area contributed by atoms with Crippen LogP contribution in [0.2, 0.25) is 0 Å². The molecular weight excluding hydrogens is 838 g/mol. The van der Waals surface area contributed by atoms with E-state index >= 15 is 0 Å². The van der Waals surface area contributed by atoms with Gasteiger partial charge in [0.1, 0.15) is 37.1 Å². The van der Waals surface area contributed by atoms with Crippen molar-refractivity contribution in [3.63, 3.8) is 0 Å². The third kappa shape index (κ3) is 11.9. The monoisotopic (exact) mass is 866 g/mol. The minimum Gasteiger partial charge on any atom is -0.489 e. The van der Waals surface area contributed by atoms with E-state index < -0.39 is 3.25 Å². The van der Waals surface area contributed by atoms with Gasteiger partial charge in [0.25, 0.3) is 3.25 Å². The van der Waals surface area contributed by atoms with Crippen molar-refractivity contribution in [2.45, 2.75) is 63.1 Å². The lowest BCUT2D eigenvalue weighted by Gasteiger charge is -2.26. The Balaban J connectivity index is 0.000000978. The van der Waals surface area contributed by atoms with Crippen LogP contribution >= 0.6 is 94.2 Å². The predicted octanol–water partition coefficient (Wildman–Crippen LogP) is 13.0. The van der Waals surface area contributed by atoms with Crippen LogP contribution in [-0.2, 0) is 39.1 Å². The molecule has 0 atom stereocenters. The first kappa shape index (κ1) is 37.3. The van der Waals surface area contributed by atoms with E-state index in [0.717, 1.165) is 49.9 Å². The molecule has 0 saturated heterocycles. The molecule has 0 aliphatic carbocycles. The van der Waals surface area contributed by atoms with Gasteiger partial charge in [-0.15, -0.1) is 0 Å². The van der Waals surface area contributed by atoms with Crippen molar-refractivity contribution in [2.24, 2.45) is 0 Å². The van der Waals surface area contributed by atoms with Crippen molar-refractivity contribution in [3.05, 3.63) is 120 Å². The van der Waals surface area contributed by atoms with Gasteiger partial charge in [-0.1, -0.05) is 115 Å². The standard InChI is InChI=1S/C33H33Br3O3.CCl4/c1-4-28-31(19-37-25-13-7-22(34)8-14-25)29(5-2)33(21-39-27-17-11-24(36)12-18-27)30(6-3)32(28)20-38-26-15-9-23(35)10-16-26;2-1(3,4)5/h7-18H,4-6,19-21H2,1-3H3;. The fraction of sp³-hybridized carbons (Fsp3) is 0.294. The van der Waals surface area contributed by atoms with Crippen LogP contribution in [-0.4, -0.2) is 3.25 Å². The van der Waals surface area contributed by atoms with Gasteiger partial charge in [0.2, 0.25) is 0 Å². The van der Waals surface area contributed by atoms with Gasteiger partial charge in [-0.05, 0) is 125 Å². The van der Waals surface area contributed by atoms with Crippen LogP contribution in [0.3, 0.4) is 0 Å². The Kier molecular flexibility index (Phi) is 15.5. The van der Waals surface area contributed by atoms with Gasteiger partial charge in [0.15, 0.2) is 0 Å². The molecule has 3 nitrogen and oxygen atoms in total. The lowest BCUT2D eigenvalue weighted by molar-refractivity contribution is 0.288. The number of ether oxygens (including phenoxy) is 3. The number of alkyl halides is 4. The molecule has 0 unspecified atom stereocenters. The highest BCUT2D eigenvalue weighted by atomic mass is 79.9. The summed E-state index contributed by atoms with van der Waals surface area (Å²) in [6, 6.07) is 24.0. The Hall–Kier alpha value is -1.12. The van der Waals surface area contributed by atoms with Gasteiger partial charge in [-0.25, -0.2) is 0 Å². The molecular formula is C34H33Br3Cl4O3. The average molecular weight is 871 g/mol. The highest BCUT2D eigenvalue weighted by Crippen LogP contribution is 2.34. The molecule has 44 heavy (non-hydrogen) atoms. The van der Waals surface area contributed by atoms with Crippen LogP contribution < -0.4 is 14.2 Å². The smallest absolute Gasteiger partial charge is 0.266 e. The maximum absolute atomic E-state index is 6.35. The van der Waals surface area contributed by atoms with Gasteiger partial charge in [-0.2, -0.15) is 0 Å². The molecule has 0 aliphatic rings. The van der Waals surface area contributed by atoms with Crippen molar-refractivity contribution in [1.82, 2.24) is 0 Å². The van der Waals surface area contributed by atoms with Gasteiger partial charge >= 0.3 is 0 Å². The minimum absolute atomic E-state index is 0.495. The zero-order valence-corrected chi connectivity index (χ0v) is 32.3. The maximum Gasteiger partial charge on any atom is 0.266 e. The molecule has 10 heteroatoms. The molecule has 0 heterocycles. The summed E-state index contributed by atoms with van der Waals surface area (Å²) in [5, 5.41) is 0. The van der Waals surface area contributed by atoms with Gasteiger partial charge in [0.05, 0.1) is 0 Å². The summed E-state index contributed by atoms with van der Waals surface area (Å²) in [6.45, 7) is 8.15. The third-order valence-corrected chi connectivity index (χ3v) is 8.42. The average Bonchev–Trinajstić information content (AvgIpc) is 2.98. The second-order valence-corrected chi connectivity index (χ2v) is 15.8. The zero-order valence-electron chi connectivity index (χ0n) is 24.5. The second kappa shape index (κ2) is 18.3. The summed E-state index contributed by atoms with van der Waals surface area (Å²) in [7, 11) is 0. The van der Waals surface area contributed by atoms with E-state index in [0.29, 0.717) is 19.8 Å². The van der Waals surface area contributed by atoms with E-state index in [1.807, 2.05) is 72.8 Å². The van der Waals surface area contributed by atoms with Crippen LogP contribution in [0.15, 0.2) is 86.2 Å². The fourth-order valence-corrected chi connectivity index (χ4v) is 5.75. The molecule has 0 amide bonds.